The third-order valence-electron chi connectivity index (χ3n) is 3.51. The zero-order valence-corrected chi connectivity index (χ0v) is 15.8. The van der Waals surface area contributed by atoms with Gasteiger partial charge in [0.25, 0.3) is 0 Å². The predicted molar refractivity (Wildman–Crippen MR) is 98.6 cm³/mol. The third kappa shape index (κ3) is 5.00. The Bertz CT molecular complexity index is 492. The molecule has 0 radical (unpaired) electrons. The van der Waals surface area contributed by atoms with Crippen molar-refractivity contribution in [3.8, 4) is 0 Å². The van der Waals surface area contributed by atoms with E-state index in [9.17, 15) is 0 Å². The molecule has 6 heteroatoms. The van der Waals surface area contributed by atoms with Gasteiger partial charge in [-0.05, 0) is 11.6 Å². The molecular weight excluding hydrogens is 401 g/mol. The lowest BCUT2D eigenvalue weighted by atomic mass is 9.89. The van der Waals surface area contributed by atoms with Crippen LogP contribution in [0.5, 0.6) is 0 Å². The van der Waals surface area contributed by atoms with Crippen LogP contribution >= 0.6 is 35.6 Å². The highest BCUT2D eigenvalue weighted by Gasteiger charge is 2.33. The van der Waals surface area contributed by atoms with E-state index in [-0.39, 0.29) is 29.4 Å². The second kappa shape index (κ2) is 8.19. The predicted octanol–water partition coefficient (Wildman–Crippen LogP) is 3.00. The lowest BCUT2D eigenvalue weighted by Crippen LogP contribution is -2.51. The Morgan fingerprint density at radius 3 is 2.62 bits per heavy atom. The van der Waals surface area contributed by atoms with Crippen LogP contribution in [0, 0.1) is 5.41 Å². The minimum absolute atomic E-state index is 0. The first kappa shape index (κ1) is 18.5. The normalized spacial score (nSPS) is 16.7. The maximum Gasteiger partial charge on any atom is 0.193 e. The minimum atomic E-state index is 0. The molecule has 1 fully saturated rings. The maximum absolute atomic E-state index is 6.19. The molecule has 0 atom stereocenters. The van der Waals surface area contributed by atoms with Crippen molar-refractivity contribution in [2.75, 3.05) is 33.9 Å². The highest BCUT2D eigenvalue weighted by Crippen LogP contribution is 2.25. The molecule has 1 aliphatic rings. The summed E-state index contributed by atoms with van der Waals surface area (Å²) in [6.07, 6.45) is 0. The van der Waals surface area contributed by atoms with E-state index < -0.39 is 0 Å². The molecule has 1 aromatic rings. The van der Waals surface area contributed by atoms with Gasteiger partial charge in [0, 0.05) is 37.6 Å². The highest BCUT2D eigenvalue weighted by molar-refractivity contribution is 14.0. The van der Waals surface area contributed by atoms with Gasteiger partial charge in [0.05, 0.1) is 13.2 Å². The molecule has 1 saturated heterocycles. The van der Waals surface area contributed by atoms with Crippen molar-refractivity contribution in [2.24, 2.45) is 10.4 Å². The average molecular weight is 424 g/mol. The number of nitrogens with zero attached hydrogens (tertiary/aromatic N) is 2. The van der Waals surface area contributed by atoms with Crippen LogP contribution < -0.4 is 5.32 Å². The monoisotopic (exact) mass is 423 g/mol. The number of nitrogens with one attached hydrogen (secondary N) is 1. The van der Waals surface area contributed by atoms with E-state index in [0.717, 1.165) is 42.8 Å². The topological polar surface area (TPSA) is 36.9 Å². The first-order chi connectivity index (χ1) is 9.54. The summed E-state index contributed by atoms with van der Waals surface area (Å²) in [5, 5.41) is 4.19. The van der Waals surface area contributed by atoms with Crippen molar-refractivity contribution in [3.63, 3.8) is 0 Å². The van der Waals surface area contributed by atoms with E-state index in [4.69, 9.17) is 16.3 Å². The fourth-order valence-electron chi connectivity index (χ4n) is 2.19. The Morgan fingerprint density at radius 2 is 2.10 bits per heavy atom. The number of guanidine groups is 1. The van der Waals surface area contributed by atoms with Crippen LogP contribution in [0.4, 0.5) is 0 Å². The minimum Gasteiger partial charge on any atom is -0.380 e. The van der Waals surface area contributed by atoms with Gasteiger partial charge in [-0.25, -0.2) is 0 Å². The van der Waals surface area contributed by atoms with E-state index in [1.54, 1.807) is 7.05 Å². The van der Waals surface area contributed by atoms with Gasteiger partial charge in [-0.2, -0.15) is 0 Å². The third-order valence-corrected chi connectivity index (χ3v) is 3.88. The lowest BCUT2D eigenvalue weighted by molar-refractivity contribution is -0.0972. The van der Waals surface area contributed by atoms with Crippen LogP contribution in [0.15, 0.2) is 29.3 Å². The van der Waals surface area contributed by atoms with Gasteiger partial charge in [0.1, 0.15) is 0 Å². The van der Waals surface area contributed by atoms with Crippen LogP contribution in [-0.2, 0) is 11.3 Å². The summed E-state index contributed by atoms with van der Waals surface area (Å²) in [6, 6.07) is 7.88. The van der Waals surface area contributed by atoms with Crippen molar-refractivity contribution in [2.45, 2.75) is 13.5 Å². The standard InChI is InChI=1S/C15H22ClN3O.HI/c1-15(10-20-11-15)9-18-14(17-2)19(3)8-12-6-4-5-7-13(12)16;/h4-7H,8-11H2,1-3H3,(H,17,18);1H. The second-order valence-corrected chi connectivity index (χ2v) is 6.06. The molecule has 0 bridgehead atoms. The first-order valence-corrected chi connectivity index (χ1v) is 7.15. The molecule has 1 aliphatic heterocycles. The van der Waals surface area contributed by atoms with Crippen molar-refractivity contribution in [1.29, 1.82) is 0 Å². The average Bonchev–Trinajstić information content (AvgIpc) is 2.40. The molecule has 0 spiro atoms. The molecule has 2 rings (SSSR count). The number of benzene rings is 1. The fourth-order valence-corrected chi connectivity index (χ4v) is 2.38. The largest absolute Gasteiger partial charge is 0.380 e. The molecule has 0 aliphatic carbocycles. The fraction of sp³-hybridized carbons (Fsp3) is 0.533. The summed E-state index contributed by atoms with van der Waals surface area (Å²) in [5.74, 6) is 0.873. The number of aliphatic imine (C=N–C) groups is 1. The molecule has 0 aromatic heterocycles. The first-order valence-electron chi connectivity index (χ1n) is 6.77. The molecule has 4 nitrogen and oxygen atoms in total. The Hall–Kier alpha value is -0.530. The van der Waals surface area contributed by atoms with Crippen molar-refractivity contribution in [3.05, 3.63) is 34.9 Å². The maximum atomic E-state index is 6.19. The molecule has 0 saturated carbocycles. The summed E-state index contributed by atoms with van der Waals surface area (Å²) in [5.41, 5.74) is 1.32. The number of hydrogen-bond acceptors (Lipinski definition) is 2. The number of halogens is 2. The molecule has 1 N–H and O–H groups in total. The number of rotatable bonds is 4. The molecular formula is C15H23ClIN3O. The molecule has 0 amide bonds. The van der Waals surface area contributed by atoms with Gasteiger partial charge in [-0.1, -0.05) is 36.7 Å². The van der Waals surface area contributed by atoms with Gasteiger partial charge >= 0.3 is 0 Å². The number of hydrogen-bond donors (Lipinski definition) is 1. The SMILES string of the molecule is CN=C(NCC1(C)COC1)N(C)Cc1ccccc1Cl.I. The summed E-state index contributed by atoms with van der Waals surface area (Å²) >= 11 is 6.19. The zero-order valence-electron chi connectivity index (χ0n) is 12.7. The van der Waals surface area contributed by atoms with E-state index in [0.29, 0.717) is 0 Å². The van der Waals surface area contributed by atoms with Gasteiger partial charge < -0.3 is 15.0 Å². The van der Waals surface area contributed by atoms with E-state index in [1.807, 2.05) is 31.3 Å². The van der Waals surface area contributed by atoms with E-state index in [1.165, 1.54) is 0 Å². The number of ether oxygens (including phenoxy) is 1. The van der Waals surface area contributed by atoms with Gasteiger partial charge in [-0.3, -0.25) is 4.99 Å². The Balaban J connectivity index is 0.00000220. The zero-order chi connectivity index (χ0) is 14.6. The quantitative estimate of drug-likeness (QED) is 0.459. The summed E-state index contributed by atoms with van der Waals surface area (Å²) in [7, 11) is 3.81. The van der Waals surface area contributed by atoms with E-state index in [2.05, 4.69) is 22.1 Å². The smallest absolute Gasteiger partial charge is 0.193 e. The molecule has 1 aromatic carbocycles. The highest BCUT2D eigenvalue weighted by atomic mass is 127. The molecule has 118 valence electrons. The van der Waals surface area contributed by atoms with Crippen LogP contribution in [-0.4, -0.2) is 44.7 Å². The van der Waals surface area contributed by atoms with Gasteiger partial charge in [0.2, 0.25) is 0 Å². The Labute approximate surface area is 148 Å². The molecule has 21 heavy (non-hydrogen) atoms. The van der Waals surface area contributed by atoms with Crippen LogP contribution in [0.3, 0.4) is 0 Å². The molecule has 0 unspecified atom stereocenters. The van der Waals surface area contributed by atoms with Crippen LogP contribution in [0.1, 0.15) is 12.5 Å². The molecule has 1 heterocycles. The van der Waals surface area contributed by atoms with Gasteiger partial charge in [0.15, 0.2) is 5.96 Å². The van der Waals surface area contributed by atoms with Crippen molar-refractivity contribution < 1.29 is 4.74 Å². The van der Waals surface area contributed by atoms with Crippen LogP contribution in [0.2, 0.25) is 5.02 Å². The summed E-state index contributed by atoms with van der Waals surface area (Å²) in [6.45, 7) is 5.43. The summed E-state index contributed by atoms with van der Waals surface area (Å²) in [4.78, 5) is 6.40. The van der Waals surface area contributed by atoms with Crippen molar-refractivity contribution >= 4 is 41.5 Å². The van der Waals surface area contributed by atoms with Gasteiger partial charge in [-0.15, -0.1) is 24.0 Å². The second-order valence-electron chi connectivity index (χ2n) is 5.65. The van der Waals surface area contributed by atoms with Crippen LogP contribution in [0.25, 0.3) is 0 Å². The lowest BCUT2D eigenvalue weighted by Gasteiger charge is -2.39. The summed E-state index contributed by atoms with van der Waals surface area (Å²) < 4.78 is 5.26. The van der Waals surface area contributed by atoms with E-state index >= 15 is 0 Å². The Morgan fingerprint density at radius 1 is 1.43 bits per heavy atom. The van der Waals surface area contributed by atoms with Crippen molar-refractivity contribution in [1.82, 2.24) is 10.2 Å². The Kier molecular flexibility index (Phi) is 7.23.